The Kier molecular flexibility index (Phi) is 3.31. The van der Waals surface area contributed by atoms with Crippen LogP contribution in [0.5, 0.6) is 0 Å². The summed E-state index contributed by atoms with van der Waals surface area (Å²) in [5, 5.41) is 4.49. The maximum Gasteiger partial charge on any atom is 0.183 e. The van der Waals surface area contributed by atoms with Crippen molar-refractivity contribution < 1.29 is 0 Å². The summed E-state index contributed by atoms with van der Waals surface area (Å²) in [7, 11) is 0. The molecule has 1 aliphatic rings. The maximum absolute atomic E-state index is 4.76. The Labute approximate surface area is 116 Å². The van der Waals surface area contributed by atoms with Crippen molar-refractivity contribution in [1.29, 1.82) is 0 Å². The van der Waals surface area contributed by atoms with Gasteiger partial charge in [-0.2, -0.15) is 0 Å². The van der Waals surface area contributed by atoms with Gasteiger partial charge in [-0.15, -0.1) is 23.1 Å². The van der Waals surface area contributed by atoms with Gasteiger partial charge in [0.05, 0.1) is 5.69 Å². The van der Waals surface area contributed by atoms with Crippen molar-refractivity contribution in [3.8, 4) is 11.3 Å². The molecule has 0 radical (unpaired) electrons. The molecule has 0 spiro atoms. The number of hydrogen-bond acceptors (Lipinski definition) is 4. The second-order valence-corrected chi connectivity index (χ2v) is 6.95. The van der Waals surface area contributed by atoms with Crippen LogP contribution in [0.3, 0.4) is 0 Å². The summed E-state index contributed by atoms with van der Waals surface area (Å²) < 4.78 is 0. The third kappa shape index (κ3) is 2.27. The molecule has 3 rings (SSSR count). The molecule has 1 N–H and O–H groups in total. The maximum atomic E-state index is 4.76. The van der Waals surface area contributed by atoms with Crippen LogP contribution in [-0.2, 0) is 5.75 Å². The fourth-order valence-electron chi connectivity index (χ4n) is 1.96. The van der Waals surface area contributed by atoms with Gasteiger partial charge in [0.15, 0.2) is 5.13 Å². The Morgan fingerprint density at radius 3 is 3.00 bits per heavy atom. The van der Waals surface area contributed by atoms with Gasteiger partial charge in [-0.05, 0) is 12.0 Å². The van der Waals surface area contributed by atoms with Crippen LogP contribution in [0.15, 0.2) is 29.2 Å². The third-order valence-corrected chi connectivity index (χ3v) is 5.16. The highest BCUT2D eigenvalue weighted by Gasteiger charge is 2.20. The number of rotatable bonds is 3. The molecule has 0 saturated carbocycles. The number of thioether (sulfide) groups is 1. The van der Waals surface area contributed by atoms with Gasteiger partial charge in [-0.3, -0.25) is 0 Å². The van der Waals surface area contributed by atoms with Gasteiger partial charge >= 0.3 is 0 Å². The first kappa shape index (κ1) is 12.1. The average molecular weight is 276 g/mol. The van der Waals surface area contributed by atoms with Crippen molar-refractivity contribution >= 4 is 28.2 Å². The molecule has 0 amide bonds. The van der Waals surface area contributed by atoms with E-state index in [4.69, 9.17) is 4.98 Å². The number of nitrogens with zero attached hydrogens (tertiary/aromatic N) is 1. The molecule has 2 nitrogen and oxygen atoms in total. The largest absolute Gasteiger partial charge is 0.361 e. The average Bonchev–Trinajstić information content (AvgIpc) is 2.79. The first-order valence-electron chi connectivity index (χ1n) is 6.20. The van der Waals surface area contributed by atoms with Crippen molar-refractivity contribution in [2.45, 2.75) is 24.5 Å². The molecule has 0 atom stereocenters. The summed E-state index contributed by atoms with van der Waals surface area (Å²) >= 11 is 3.71. The molecule has 0 bridgehead atoms. The molecule has 18 heavy (non-hydrogen) atoms. The number of anilines is 1. The van der Waals surface area contributed by atoms with E-state index in [0.29, 0.717) is 5.92 Å². The van der Waals surface area contributed by atoms with E-state index in [1.54, 1.807) is 11.3 Å². The molecule has 94 valence electrons. The first-order valence-corrected chi connectivity index (χ1v) is 8.00. The zero-order valence-corrected chi connectivity index (χ0v) is 12.2. The van der Waals surface area contributed by atoms with E-state index in [1.807, 2.05) is 11.8 Å². The van der Waals surface area contributed by atoms with E-state index in [-0.39, 0.29) is 0 Å². The van der Waals surface area contributed by atoms with Gasteiger partial charge in [-0.1, -0.05) is 32.0 Å². The van der Waals surface area contributed by atoms with E-state index in [1.165, 1.54) is 21.0 Å². The minimum atomic E-state index is 0.646. The highest BCUT2D eigenvalue weighted by atomic mass is 32.2. The van der Waals surface area contributed by atoms with Gasteiger partial charge in [0.1, 0.15) is 0 Å². The Morgan fingerprint density at radius 1 is 1.33 bits per heavy atom. The normalized spacial score (nSPS) is 13.3. The second-order valence-electron chi connectivity index (χ2n) is 4.85. The molecule has 0 fully saturated rings. The Bertz CT molecular complexity index is 561. The lowest BCUT2D eigenvalue weighted by molar-refractivity contribution is 0.688. The zero-order valence-electron chi connectivity index (χ0n) is 10.6. The number of thiazole rings is 1. The highest BCUT2D eigenvalue weighted by Crippen LogP contribution is 2.44. The minimum absolute atomic E-state index is 0.646. The fraction of sp³-hybridized carbons (Fsp3) is 0.357. The van der Waals surface area contributed by atoms with Crippen LogP contribution >= 0.6 is 23.1 Å². The number of hydrogen-bond donors (Lipinski definition) is 1. The summed E-state index contributed by atoms with van der Waals surface area (Å²) in [6.45, 7) is 5.42. The lowest BCUT2D eigenvalue weighted by atomic mass is 10.1. The summed E-state index contributed by atoms with van der Waals surface area (Å²) in [5.41, 5.74) is 2.47. The Morgan fingerprint density at radius 2 is 2.17 bits per heavy atom. The van der Waals surface area contributed by atoms with E-state index in [0.717, 1.165) is 17.4 Å². The van der Waals surface area contributed by atoms with Crippen molar-refractivity contribution in [1.82, 2.24) is 4.98 Å². The van der Waals surface area contributed by atoms with E-state index >= 15 is 0 Å². The molecule has 0 aliphatic carbocycles. The minimum Gasteiger partial charge on any atom is -0.361 e. The molecule has 2 aromatic rings. The Balaban J connectivity index is 1.92. The van der Waals surface area contributed by atoms with Gasteiger partial charge < -0.3 is 5.32 Å². The van der Waals surface area contributed by atoms with Gasteiger partial charge in [0.2, 0.25) is 0 Å². The van der Waals surface area contributed by atoms with Gasteiger partial charge in [-0.25, -0.2) is 4.98 Å². The SMILES string of the molecule is CC(C)CNc1nc2c(s1)CSc1ccccc1-2. The number of aromatic nitrogens is 1. The van der Waals surface area contributed by atoms with E-state index < -0.39 is 0 Å². The van der Waals surface area contributed by atoms with Crippen LogP contribution in [0.4, 0.5) is 5.13 Å². The lowest BCUT2D eigenvalue weighted by Gasteiger charge is -2.13. The molecular weight excluding hydrogens is 260 g/mol. The zero-order chi connectivity index (χ0) is 12.5. The van der Waals surface area contributed by atoms with Crippen LogP contribution in [0.2, 0.25) is 0 Å². The topological polar surface area (TPSA) is 24.9 Å². The molecule has 1 aromatic carbocycles. The first-order chi connectivity index (χ1) is 8.74. The van der Waals surface area contributed by atoms with Crippen LogP contribution in [-0.4, -0.2) is 11.5 Å². The molecule has 0 unspecified atom stereocenters. The molecule has 1 aliphatic heterocycles. The lowest BCUT2D eigenvalue weighted by Crippen LogP contribution is -2.07. The highest BCUT2D eigenvalue weighted by molar-refractivity contribution is 7.98. The smallest absolute Gasteiger partial charge is 0.183 e. The van der Waals surface area contributed by atoms with Crippen LogP contribution in [0.25, 0.3) is 11.3 Å². The Hall–Kier alpha value is -1.00. The number of nitrogens with one attached hydrogen (secondary N) is 1. The quantitative estimate of drug-likeness (QED) is 0.894. The summed E-state index contributed by atoms with van der Waals surface area (Å²) in [4.78, 5) is 7.50. The molecule has 4 heteroatoms. The van der Waals surface area contributed by atoms with Gasteiger partial charge in [0.25, 0.3) is 0 Å². The third-order valence-electron chi connectivity index (χ3n) is 2.86. The summed E-state index contributed by atoms with van der Waals surface area (Å²) in [6, 6.07) is 8.55. The molecule has 2 heterocycles. The van der Waals surface area contributed by atoms with Crippen molar-refractivity contribution in [3.63, 3.8) is 0 Å². The van der Waals surface area contributed by atoms with Crippen LogP contribution in [0, 0.1) is 5.92 Å². The summed E-state index contributed by atoms with van der Waals surface area (Å²) in [5.74, 6) is 1.69. The van der Waals surface area contributed by atoms with Crippen molar-refractivity contribution in [2.75, 3.05) is 11.9 Å². The van der Waals surface area contributed by atoms with Gasteiger partial charge in [0, 0.05) is 27.6 Å². The van der Waals surface area contributed by atoms with Crippen LogP contribution < -0.4 is 5.32 Å². The van der Waals surface area contributed by atoms with E-state index in [2.05, 4.69) is 43.4 Å². The monoisotopic (exact) mass is 276 g/mol. The van der Waals surface area contributed by atoms with Crippen molar-refractivity contribution in [2.24, 2.45) is 5.92 Å². The predicted molar refractivity (Wildman–Crippen MR) is 80.4 cm³/mol. The molecule has 0 saturated heterocycles. The van der Waals surface area contributed by atoms with Crippen molar-refractivity contribution in [3.05, 3.63) is 29.1 Å². The predicted octanol–water partition coefficient (Wildman–Crippen LogP) is 4.48. The number of benzene rings is 1. The molecular formula is C14H16N2S2. The standard InChI is InChI=1S/C14H16N2S2/c1-9(2)7-15-14-16-13-10-5-3-4-6-11(10)17-8-12(13)18-14/h3-6,9H,7-8H2,1-2H3,(H,15,16). The van der Waals surface area contributed by atoms with Crippen LogP contribution in [0.1, 0.15) is 18.7 Å². The molecule has 1 aromatic heterocycles. The summed E-state index contributed by atoms with van der Waals surface area (Å²) in [6.07, 6.45) is 0. The number of fused-ring (bicyclic) bond motifs is 3. The fourth-order valence-corrected chi connectivity index (χ4v) is 4.07. The second kappa shape index (κ2) is 4.94. The van der Waals surface area contributed by atoms with E-state index in [9.17, 15) is 0 Å².